The van der Waals surface area contributed by atoms with Gasteiger partial charge in [0.15, 0.2) is 5.13 Å². The highest BCUT2D eigenvalue weighted by Gasteiger charge is 2.13. The van der Waals surface area contributed by atoms with E-state index >= 15 is 0 Å². The molecule has 1 amide bonds. The van der Waals surface area contributed by atoms with Crippen LogP contribution in [0.2, 0.25) is 0 Å². The second kappa shape index (κ2) is 5.53. The highest BCUT2D eigenvalue weighted by molar-refractivity contribution is 7.18. The van der Waals surface area contributed by atoms with Crippen molar-refractivity contribution in [2.45, 2.75) is 6.42 Å². The number of hydrogen-bond acceptors (Lipinski definition) is 5. The molecule has 6 nitrogen and oxygen atoms in total. The fourth-order valence-electron chi connectivity index (χ4n) is 1.36. The van der Waals surface area contributed by atoms with Gasteiger partial charge in [-0.2, -0.15) is 0 Å². The Bertz CT molecular complexity index is 612. The topological polar surface area (TPSA) is 85.1 Å². The quantitative estimate of drug-likeness (QED) is 0.688. The van der Waals surface area contributed by atoms with Crippen LogP contribution in [0.1, 0.15) is 5.56 Å². The number of aromatic nitrogens is 1. The Balaban J connectivity index is 1.97. The molecule has 0 spiro atoms. The summed E-state index contributed by atoms with van der Waals surface area (Å²) < 4.78 is 12.7. The van der Waals surface area contributed by atoms with Gasteiger partial charge in [-0.1, -0.05) is 12.1 Å². The van der Waals surface area contributed by atoms with Gasteiger partial charge in [0.1, 0.15) is 12.0 Å². The lowest BCUT2D eigenvalue weighted by molar-refractivity contribution is -0.380. The fourth-order valence-corrected chi connectivity index (χ4v) is 2.01. The van der Waals surface area contributed by atoms with Crippen molar-refractivity contribution in [1.29, 1.82) is 0 Å². The summed E-state index contributed by atoms with van der Waals surface area (Å²) in [6.07, 6.45) is 1.13. The van der Waals surface area contributed by atoms with Crippen LogP contribution in [-0.2, 0) is 11.2 Å². The van der Waals surface area contributed by atoms with Gasteiger partial charge >= 0.3 is 5.00 Å². The molecule has 0 aliphatic heterocycles. The van der Waals surface area contributed by atoms with Gasteiger partial charge < -0.3 is 5.32 Å². The van der Waals surface area contributed by atoms with Crippen LogP contribution in [0.3, 0.4) is 0 Å². The van der Waals surface area contributed by atoms with Gasteiger partial charge in [0.25, 0.3) is 0 Å². The molecule has 2 aromatic rings. The number of anilines is 1. The molecule has 1 aromatic carbocycles. The second-order valence-corrected chi connectivity index (χ2v) is 4.62. The number of carbonyl (C=O) groups is 1. The van der Waals surface area contributed by atoms with Crippen molar-refractivity contribution in [1.82, 2.24) is 4.98 Å². The first-order chi connectivity index (χ1) is 9.04. The largest absolute Gasteiger partial charge is 0.345 e. The summed E-state index contributed by atoms with van der Waals surface area (Å²) in [6, 6.07) is 5.52. The molecule has 0 fully saturated rings. The van der Waals surface area contributed by atoms with Crippen molar-refractivity contribution < 1.29 is 14.1 Å². The predicted octanol–water partition coefficient (Wildman–Crippen LogP) is 2.37. The first-order valence-corrected chi connectivity index (χ1v) is 6.01. The van der Waals surface area contributed by atoms with E-state index in [4.69, 9.17) is 0 Å². The first-order valence-electron chi connectivity index (χ1n) is 5.19. The van der Waals surface area contributed by atoms with Gasteiger partial charge in [-0.3, -0.25) is 14.9 Å². The Morgan fingerprint density at radius 3 is 2.68 bits per heavy atom. The van der Waals surface area contributed by atoms with Gasteiger partial charge in [0.2, 0.25) is 5.91 Å². The number of nitrogens with one attached hydrogen (secondary N) is 1. The summed E-state index contributed by atoms with van der Waals surface area (Å²) in [7, 11) is 0. The number of rotatable bonds is 4. The lowest BCUT2D eigenvalue weighted by Crippen LogP contribution is -2.14. The Morgan fingerprint density at radius 1 is 1.42 bits per heavy atom. The lowest BCUT2D eigenvalue weighted by Gasteiger charge is -2.01. The van der Waals surface area contributed by atoms with Crippen molar-refractivity contribution in [3.63, 3.8) is 0 Å². The molecule has 8 heteroatoms. The number of nitro groups is 1. The minimum atomic E-state index is -0.576. The summed E-state index contributed by atoms with van der Waals surface area (Å²) in [4.78, 5) is 25.2. The van der Waals surface area contributed by atoms with Gasteiger partial charge in [-0.05, 0) is 29.0 Å². The van der Waals surface area contributed by atoms with Crippen LogP contribution in [0, 0.1) is 15.9 Å². The first kappa shape index (κ1) is 13.1. The van der Waals surface area contributed by atoms with E-state index in [1.807, 2.05) is 0 Å². The molecule has 0 saturated heterocycles. The maximum Gasteiger partial charge on any atom is 0.345 e. The molecule has 98 valence electrons. The van der Waals surface area contributed by atoms with Crippen LogP contribution >= 0.6 is 11.3 Å². The molecule has 0 saturated carbocycles. The summed E-state index contributed by atoms with van der Waals surface area (Å²) in [5, 5.41) is 12.9. The van der Waals surface area contributed by atoms with E-state index in [2.05, 4.69) is 10.3 Å². The Labute approximate surface area is 111 Å². The fraction of sp³-hybridized carbons (Fsp3) is 0.0909. The number of nitrogens with zero attached hydrogens (tertiary/aromatic N) is 2. The molecular weight excluding hydrogens is 273 g/mol. The van der Waals surface area contributed by atoms with Gasteiger partial charge in [-0.25, -0.2) is 9.37 Å². The van der Waals surface area contributed by atoms with Gasteiger partial charge in [-0.15, -0.1) is 0 Å². The molecule has 1 heterocycles. The summed E-state index contributed by atoms with van der Waals surface area (Å²) in [5.74, 6) is -0.740. The summed E-state index contributed by atoms with van der Waals surface area (Å²) in [6.45, 7) is 0. The van der Waals surface area contributed by atoms with Crippen LogP contribution in [-0.4, -0.2) is 15.8 Å². The number of halogens is 1. The van der Waals surface area contributed by atoms with Crippen molar-refractivity contribution in [3.8, 4) is 0 Å². The molecule has 0 unspecified atom stereocenters. The third-order valence-electron chi connectivity index (χ3n) is 2.20. The normalized spacial score (nSPS) is 10.2. The minimum Gasteiger partial charge on any atom is -0.302 e. The zero-order valence-corrected chi connectivity index (χ0v) is 10.3. The van der Waals surface area contributed by atoms with E-state index in [1.165, 1.54) is 24.3 Å². The van der Waals surface area contributed by atoms with E-state index in [0.717, 1.165) is 17.5 Å². The molecule has 0 bridgehead atoms. The monoisotopic (exact) mass is 281 g/mol. The highest BCUT2D eigenvalue weighted by Crippen LogP contribution is 2.24. The predicted molar refractivity (Wildman–Crippen MR) is 67.5 cm³/mol. The number of benzene rings is 1. The molecule has 1 aromatic heterocycles. The van der Waals surface area contributed by atoms with E-state index in [0.29, 0.717) is 5.56 Å². The SMILES string of the molecule is O=C(Cc1ccc(F)cc1)Nc1ncc([N+](=O)[O-])s1. The molecule has 0 aliphatic carbocycles. The van der Waals surface area contributed by atoms with Crippen LogP contribution in [0.15, 0.2) is 30.5 Å². The number of hydrogen-bond donors (Lipinski definition) is 1. The molecule has 0 aliphatic rings. The van der Waals surface area contributed by atoms with Crippen molar-refractivity contribution >= 4 is 27.4 Å². The van der Waals surface area contributed by atoms with E-state index in [-0.39, 0.29) is 28.3 Å². The second-order valence-electron chi connectivity index (χ2n) is 3.61. The van der Waals surface area contributed by atoms with Gasteiger partial charge in [0, 0.05) is 0 Å². The van der Waals surface area contributed by atoms with Crippen LogP contribution in [0.25, 0.3) is 0 Å². The molecule has 1 N–H and O–H groups in total. The van der Waals surface area contributed by atoms with E-state index in [9.17, 15) is 19.3 Å². The number of thiazole rings is 1. The Hall–Kier alpha value is -2.35. The lowest BCUT2D eigenvalue weighted by atomic mass is 10.1. The Morgan fingerprint density at radius 2 is 2.11 bits per heavy atom. The van der Waals surface area contributed by atoms with Crippen molar-refractivity contribution in [3.05, 3.63) is 52.0 Å². The number of amides is 1. The van der Waals surface area contributed by atoms with Crippen LogP contribution in [0.5, 0.6) is 0 Å². The van der Waals surface area contributed by atoms with Crippen LogP contribution < -0.4 is 5.32 Å². The molecule has 0 radical (unpaired) electrons. The number of carbonyl (C=O) groups excluding carboxylic acids is 1. The van der Waals surface area contributed by atoms with E-state index < -0.39 is 4.92 Å². The molecular formula is C11H8FN3O3S. The highest BCUT2D eigenvalue weighted by atomic mass is 32.1. The average Bonchev–Trinajstić information content (AvgIpc) is 2.80. The van der Waals surface area contributed by atoms with Gasteiger partial charge in [0.05, 0.1) is 11.3 Å². The maximum atomic E-state index is 12.7. The maximum absolute atomic E-state index is 12.7. The zero-order chi connectivity index (χ0) is 13.8. The zero-order valence-electron chi connectivity index (χ0n) is 9.50. The van der Waals surface area contributed by atoms with E-state index in [1.54, 1.807) is 0 Å². The van der Waals surface area contributed by atoms with Crippen LogP contribution in [0.4, 0.5) is 14.5 Å². The molecule has 2 rings (SSSR count). The Kier molecular flexibility index (Phi) is 3.81. The summed E-state index contributed by atoms with van der Waals surface area (Å²) >= 11 is 0.780. The molecule has 19 heavy (non-hydrogen) atoms. The minimum absolute atomic E-state index is 0.0493. The average molecular weight is 281 g/mol. The summed E-state index contributed by atoms with van der Waals surface area (Å²) in [5.41, 5.74) is 0.643. The third kappa shape index (κ3) is 3.55. The molecule has 0 atom stereocenters. The standard InChI is InChI=1S/C11H8FN3O3S/c12-8-3-1-7(2-4-8)5-9(16)14-11-13-6-10(19-11)15(17)18/h1-4,6H,5H2,(H,13,14,16). The van der Waals surface area contributed by atoms with Crippen molar-refractivity contribution in [2.75, 3.05) is 5.32 Å². The smallest absolute Gasteiger partial charge is 0.302 e. The third-order valence-corrected chi connectivity index (χ3v) is 3.06. The van der Waals surface area contributed by atoms with Crippen molar-refractivity contribution in [2.24, 2.45) is 0 Å².